The lowest BCUT2D eigenvalue weighted by Crippen LogP contribution is -2.37. The molecular formula is C16H20ClN5O. The molecule has 2 N–H and O–H groups in total. The summed E-state index contributed by atoms with van der Waals surface area (Å²) in [6, 6.07) is 7.31. The number of nitrogens with zero attached hydrogens (tertiary/aromatic N) is 3. The molecule has 7 heteroatoms. The highest BCUT2D eigenvalue weighted by atomic mass is 35.5. The Hall–Kier alpha value is -2.34. The zero-order valence-corrected chi connectivity index (χ0v) is 13.8. The lowest BCUT2D eigenvalue weighted by Gasteiger charge is -2.08. The maximum Gasteiger partial charge on any atom is 0.228 e. The first-order chi connectivity index (χ1) is 11.2. The molecule has 0 atom stereocenters. The van der Waals surface area contributed by atoms with E-state index in [1.165, 1.54) is 0 Å². The molecule has 0 bridgehead atoms. The van der Waals surface area contributed by atoms with Crippen LogP contribution in [-0.4, -0.2) is 35.7 Å². The number of hydrogen-bond donors (Lipinski definition) is 2. The second-order valence-electron chi connectivity index (χ2n) is 4.70. The first-order valence-corrected chi connectivity index (χ1v) is 7.82. The molecule has 0 saturated heterocycles. The second-order valence-corrected chi connectivity index (χ2v) is 5.14. The summed E-state index contributed by atoms with van der Waals surface area (Å²) < 4.78 is 5.25. The van der Waals surface area contributed by atoms with E-state index in [2.05, 4.69) is 32.3 Å². The Balaban J connectivity index is 1.93. The van der Waals surface area contributed by atoms with Crippen LogP contribution in [0.1, 0.15) is 12.8 Å². The average Bonchev–Trinajstić information content (AvgIpc) is 3.02. The third-order valence-electron chi connectivity index (χ3n) is 2.92. The molecule has 0 aliphatic carbocycles. The van der Waals surface area contributed by atoms with Gasteiger partial charge in [-0.25, -0.2) is 0 Å². The van der Waals surface area contributed by atoms with Crippen LogP contribution in [0, 0.1) is 0 Å². The minimum Gasteiger partial charge on any atom is -0.357 e. The molecule has 0 aliphatic heterocycles. The molecule has 2 rings (SSSR count). The molecular weight excluding hydrogens is 314 g/mol. The number of aromatic nitrogens is 2. The van der Waals surface area contributed by atoms with Gasteiger partial charge < -0.3 is 15.2 Å². The van der Waals surface area contributed by atoms with Crippen LogP contribution in [0.15, 0.2) is 46.4 Å². The highest BCUT2D eigenvalue weighted by Crippen LogP contribution is 2.18. The molecule has 0 unspecified atom stereocenters. The molecule has 6 nitrogen and oxygen atoms in total. The molecule has 1 aromatic heterocycles. The molecule has 1 heterocycles. The van der Waals surface area contributed by atoms with Crippen LogP contribution in [0.5, 0.6) is 0 Å². The Morgan fingerprint density at radius 1 is 1.35 bits per heavy atom. The van der Waals surface area contributed by atoms with E-state index in [4.69, 9.17) is 16.1 Å². The van der Waals surface area contributed by atoms with Crippen LogP contribution in [0.3, 0.4) is 0 Å². The Morgan fingerprint density at radius 2 is 2.13 bits per heavy atom. The van der Waals surface area contributed by atoms with Crippen LogP contribution in [0.2, 0.25) is 5.02 Å². The molecule has 0 aliphatic rings. The van der Waals surface area contributed by atoms with E-state index >= 15 is 0 Å². The van der Waals surface area contributed by atoms with Crippen molar-refractivity contribution in [3.63, 3.8) is 0 Å². The predicted molar refractivity (Wildman–Crippen MR) is 92.6 cm³/mol. The lowest BCUT2D eigenvalue weighted by atomic mass is 10.2. The van der Waals surface area contributed by atoms with E-state index in [1.807, 2.05) is 19.1 Å². The molecule has 0 amide bonds. The van der Waals surface area contributed by atoms with Gasteiger partial charge in [0.2, 0.25) is 11.7 Å². The van der Waals surface area contributed by atoms with Crippen molar-refractivity contribution >= 4 is 17.6 Å². The summed E-state index contributed by atoms with van der Waals surface area (Å²) in [5.41, 5.74) is 0.869. The van der Waals surface area contributed by atoms with Crippen LogP contribution in [0.25, 0.3) is 11.4 Å². The van der Waals surface area contributed by atoms with Crippen molar-refractivity contribution in [2.75, 3.05) is 19.6 Å². The molecule has 0 saturated carbocycles. The number of benzene rings is 1. The third-order valence-corrected chi connectivity index (χ3v) is 3.18. The topological polar surface area (TPSA) is 75.3 Å². The highest BCUT2D eigenvalue weighted by Gasteiger charge is 2.08. The van der Waals surface area contributed by atoms with Crippen molar-refractivity contribution in [2.24, 2.45) is 4.99 Å². The smallest absolute Gasteiger partial charge is 0.228 e. The zero-order chi connectivity index (χ0) is 16.5. The van der Waals surface area contributed by atoms with Gasteiger partial charge in [0, 0.05) is 30.1 Å². The number of rotatable bonds is 7. The van der Waals surface area contributed by atoms with Gasteiger partial charge in [-0.05, 0) is 31.2 Å². The van der Waals surface area contributed by atoms with E-state index in [0.717, 1.165) is 18.1 Å². The number of nitrogens with one attached hydrogen (secondary N) is 2. The molecule has 0 spiro atoms. The minimum absolute atomic E-state index is 0.550. The van der Waals surface area contributed by atoms with Crippen molar-refractivity contribution < 1.29 is 4.52 Å². The second kappa shape index (κ2) is 8.95. The SMILES string of the molecule is C=CCNC(=NCCc1nc(-c2ccc(Cl)cc2)no1)NCC. The summed E-state index contributed by atoms with van der Waals surface area (Å²) in [5, 5.41) is 10.9. The van der Waals surface area contributed by atoms with Gasteiger partial charge in [-0.3, -0.25) is 4.99 Å². The van der Waals surface area contributed by atoms with Gasteiger partial charge >= 0.3 is 0 Å². The number of aliphatic imine (C=N–C) groups is 1. The first-order valence-electron chi connectivity index (χ1n) is 7.44. The van der Waals surface area contributed by atoms with Crippen molar-refractivity contribution in [1.29, 1.82) is 0 Å². The number of halogens is 1. The van der Waals surface area contributed by atoms with E-state index < -0.39 is 0 Å². The van der Waals surface area contributed by atoms with E-state index in [9.17, 15) is 0 Å². The molecule has 1 aromatic carbocycles. The maximum atomic E-state index is 5.87. The Bertz CT molecular complexity index is 651. The normalized spacial score (nSPS) is 11.3. The summed E-state index contributed by atoms with van der Waals surface area (Å²) in [7, 11) is 0. The number of guanidine groups is 1. The third kappa shape index (κ3) is 5.41. The summed E-state index contributed by atoms with van der Waals surface area (Å²) in [5.74, 6) is 1.85. The molecule has 23 heavy (non-hydrogen) atoms. The minimum atomic E-state index is 0.550. The van der Waals surface area contributed by atoms with Crippen molar-refractivity contribution in [1.82, 2.24) is 20.8 Å². The molecule has 2 aromatic rings. The summed E-state index contributed by atoms with van der Waals surface area (Å²) in [4.78, 5) is 8.81. The van der Waals surface area contributed by atoms with E-state index in [-0.39, 0.29) is 0 Å². The fraction of sp³-hybridized carbons (Fsp3) is 0.312. The van der Waals surface area contributed by atoms with Crippen molar-refractivity contribution in [2.45, 2.75) is 13.3 Å². The Morgan fingerprint density at radius 3 is 2.83 bits per heavy atom. The van der Waals surface area contributed by atoms with E-state index in [0.29, 0.717) is 36.2 Å². The van der Waals surface area contributed by atoms with Crippen LogP contribution < -0.4 is 10.6 Å². The molecule has 0 radical (unpaired) electrons. The maximum absolute atomic E-state index is 5.87. The van der Waals surface area contributed by atoms with Gasteiger partial charge in [-0.1, -0.05) is 22.8 Å². The van der Waals surface area contributed by atoms with Gasteiger partial charge in [0.15, 0.2) is 5.96 Å². The highest BCUT2D eigenvalue weighted by molar-refractivity contribution is 6.30. The Labute approximate surface area is 140 Å². The lowest BCUT2D eigenvalue weighted by molar-refractivity contribution is 0.380. The van der Waals surface area contributed by atoms with Crippen LogP contribution in [0.4, 0.5) is 0 Å². The van der Waals surface area contributed by atoms with Crippen LogP contribution in [-0.2, 0) is 6.42 Å². The summed E-state index contributed by atoms with van der Waals surface area (Å²) in [6.45, 7) is 7.69. The van der Waals surface area contributed by atoms with E-state index in [1.54, 1.807) is 18.2 Å². The standard InChI is InChI=1S/C16H20ClN5O/c1-3-10-19-16(18-4-2)20-11-9-14-21-15(22-23-14)12-5-7-13(17)8-6-12/h3,5-8H,1,4,9-11H2,2H3,(H2,18,19,20). The van der Waals surface area contributed by atoms with Gasteiger partial charge in [-0.15, -0.1) is 6.58 Å². The largest absolute Gasteiger partial charge is 0.357 e. The predicted octanol–water partition coefficient (Wildman–Crippen LogP) is 2.67. The molecule has 0 fully saturated rings. The van der Waals surface area contributed by atoms with Gasteiger partial charge in [0.1, 0.15) is 0 Å². The summed E-state index contributed by atoms with van der Waals surface area (Å²) in [6.07, 6.45) is 2.36. The average molecular weight is 334 g/mol. The van der Waals surface area contributed by atoms with Gasteiger partial charge in [0.25, 0.3) is 0 Å². The number of hydrogen-bond acceptors (Lipinski definition) is 4. The monoisotopic (exact) mass is 333 g/mol. The van der Waals surface area contributed by atoms with Gasteiger partial charge in [-0.2, -0.15) is 4.98 Å². The summed E-state index contributed by atoms with van der Waals surface area (Å²) >= 11 is 5.87. The quantitative estimate of drug-likeness (QED) is 0.463. The van der Waals surface area contributed by atoms with Gasteiger partial charge in [0.05, 0.1) is 6.54 Å². The Kier molecular flexibility index (Phi) is 6.62. The van der Waals surface area contributed by atoms with Crippen LogP contribution >= 0.6 is 11.6 Å². The molecule has 122 valence electrons. The van der Waals surface area contributed by atoms with Crippen molar-refractivity contribution in [3.8, 4) is 11.4 Å². The fourth-order valence-electron chi connectivity index (χ4n) is 1.85. The fourth-order valence-corrected chi connectivity index (χ4v) is 1.97. The zero-order valence-electron chi connectivity index (χ0n) is 13.1. The van der Waals surface area contributed by atoms with Crippen molar-refractivity contribution in [3.05, 3.63) is 47.8 Å². The first kappa shape index (κ1) is 17.0.